The monoisotopic (exact) mass is 136 g/mol. The molecule has 0 spiro atoms. The normalized spacial score (nSPS) is 12.0. The third-order valence-electron chi connectivity index (χ3n) is 1.43. The predicted octanol–water partition coefficient (Wildman–Crippen LogP) is -1.49. The first kappa shape index (κ1) is 8.88. The summed E-state index contributed by atoms with van der Waals surface area (Å²) in [4.78, 5) is 0. The first-order chi connectivity index (χ1) is 4.12. The Kier molecular flexibility index (Phi) is 3.77. The predicted molar refractivity (Wildman–Crippen MR) is 38.8 cm³/mol. The highest BCUT2D eigenvalue weighted by Gasteiger charge is 2.14. The molecule has 0 amide bonds. The number of quaternary nitrogens is 1. The number of likely N-dealkylation sites (N-methyl/N-ethyl adjacent to an activating group) is 1. The molecule has 0 radical (unpaired) electrons. The van der Waals surface area contributed by atoms with Gasteiger partial charge in [-0.05, 0) is 0 Å². The fourth-order valence-electron chi connectivity index (χ4n) is 0.717. The van der Waals surface area contributed by atoms with Crippen molar-refractivity contribution in [2.24, 2.45) is 0 Å². The highest BCUT2D eigenvalue weighted by atomic mass is 16.3. The van der Waals surface area contributed by atoms with E-state index in [2.05, 4.69) is 14.1 Å². The van der Waals surface area contributed by atoms with Gasteiger partial charge in [0.05, 0.1) is 14.1 Å². The van der Waals surface area contributed by atoms with Gasteiger partial charge in [0.1, 0.15) is 13.1 Å². The second-order valence-electron chi connectivity index (χ2n) is 2.88. The molecule has 0 fully saturated rings. The lowest BCUT2D eigenvalue weighted by atomic mass is 10.4. The van der Waals surface area contributed by atoms with Crippen molar-refractivity contribution in [1.82, 2.24) is 0 Å². The van der Waals surface area contributed by atoms with Crippen molar-refractivity contribution in [2.75, 3.05) is 40.4 Å². The molecule has 0 atom stereocenters. The molecule has 3 heteroatoms. The zero-order valence-corrected chi connectivity index (χ0v) is 6.28. The van der Waals surface area contributed by atoms with E-state index in [0.29, 0.717) is 13.2 Å². The van der Waals surface area contributed by atoms with E-state index in [4.69, 9.17) is 10.2 Å². The summed E-state index contributed by atoms with van der Waals surface area (Å²) in [5.74, 6) is 0. The number of rotatable bonds is 4. The molecular formula is C6H18NO2+3. The van der Waals surface area contributed by atoms with Gasteiger partial charge in [-0.3, -0.25) is 0 Å². The van der Waals surface area contributed by atoms with Gasteiger partial charge in [0, 0.05) is 0 Å². The minimum absolute atomic E-state index is 0.465. The Balaban J connectivity index is 3.43. The molecule has 0 heterocycles. The molecule has 0 aliphatic carbocycles. The van der Waals surface area contributed by atoms with E-state index in [0.717, 1.165) is 17.6 Å². The maximum absolute atomic E-state index is 6.96. The van der Waals surface area contributed by atoms with Crippen LogP contribution >= 0.6 is 0 Å². The maximum atomic E-state index is 6.96. The summed E-state index contributed by atoms with van der Waals surface area (Å²) in [6.07, 6.45) is 0. The van der Waals surface area contributed by atoms with Crippen LogP contribution in [0, 0.1) is 0 Å². The SMILES string of the molecule is C[N+](C)(CC[OH2+])CC[OH2+]. The molecule has 4 N–H and O–H groups in total. The molecule has 0 aliphatic rings. The topological polar surface area (TPSA) is 45.8 Å². The average molecular weight is 136 g/mol. The zero-order valence-electron chi connectivity index (χ0n) is 6.28. The van der Waals surface area contributed by atoms with Gasteiger partial charge in [-0.15, -0.1) is 0 Å². The summed E-state index contributed by atoms with van der Waals surface area (Å²) >= 11 is 0. The minimum Gasteiger partial charge on any atom is -0.441 e. The maximum Gasteiger partial charge on any atom is 0.193 e. The molecular weight excluding hydrogens is 118 g/mol. The smallest absolute Gasteiger partial charge is 0.193 e. The van der Waals surface area contributed by atoms with Gasteiger partial charge in [-0.2, -0.15) is 0 Å². The average Bonchev–Trinajstić information content (AvgIpc) is 1.64. The van der Waals surface area contributed by atoms with Crippen LogP contribution < -0.4 is 0 Å². The van der Waals surface area contributed by atoms with Crippen LogP contribution in [0.1, 0.15) is 0 Å². The number of hydrogen-bond acceptors (Lipinski definition) is 0. The number of nitrogens with zero attached hydrogens (tertiary/aromatic N) is 1. The van der Waals surface area contributed by atoms with E-state index in [9.17, 15) is 0 Å². The van der Waals surface area contributed by atoms with Crippen molar-refractivity contribution in [3.63, 3.8) is 0 Å². The third kappa shape index (κ3) is 4.39. The molecule has 0 aromatic heterocycles. The van der Waals surface area contributed by atoms with Crippen LogP contribution in [-0.2, 0) is 0 Å². The Hall–Kier alpha value is -0.120. The van der Waals surface area contributed by atoms with E-state index in [1.54, 1.807) is 0 Å². The molecule has 0 rings (SSSR count). The van der Waals surface area contributed by atoms with Crippen LogP contribution in [-0.4, -0.2) is 55.1 Å². The van der Waals surface area contributed by atoms with Crippen molar-refractivity contribution in [2.45, 2.75) is 0 Å². The lowest BCUT2D eigenvalue weighted by molar-refractivity contribution is -0.890. The molecule has 9 heavy (non-hydrogen) atoms. The fourth-order valence-corrected chi connectivity index (χ4v) is 0.717. The van der Waals surface area contributed by atoms with Crippen molar-refractivity contribution in [3.8, 4) is 0 Å². The van der Waals surface area contributed by atoms with Crippen LogP contribution in [0.3, 0.4) is 0 Å². The zero-order chi connectivity index (χ0) is 7.33. The van der Waals surface area contributed by atoms with Crippen LogP contribution in [0.4, 0.5) is 0 Å². The first-order valence-corrected chi connectivity index (χ1v) is 3.23. The van der Waals surface area contributed by atoms with Gasteiger partial charge in [0.15, 0.2) is 13.2 Å². The standard InChI is InChI=1S/C6H16NO2/c1-7(2,3-5-8)4-6-9/h8-9H,3-6H2,1-2H3/q+1/p+2. The Labute approximate surface area is 56.1 Å². The Morgan fingerprint density at radius 2 is 1.33 bits per heavy atom. The highest BCUT2D eigenvalue weighted by Crippen LogP contribution is 1.92. The van der Waals surface area contributed by atoms with Gasteiger partial charge < -0.3 is 14.7 Å². The van der Waals surface area contributed by atoms with Gasteiger partial charge in [0.25, 0.3) is 0 Å². The van der Waals surface area contributed by atoms with Gasteiger partial charge in [-0.1, -0.05) is 0 Å². The molecule has 0 aliphatic heterocycles. The Bertz CT molecular complexity index is 65.5. The molecule has 3 nitrogen and oxygen atoms in total. The molecule has 56 valence electrons. The molecule has 0 aromatic rings. The van der Waals surface area contributed by atoms with E-state index in [1.165, 1.54) is 0 Å². The summed E-state index contributed by atoms with van der Waals surface area (Å²) in [5, 5.41) is 13.9. The second kappa shape index (κ2) is 3.82. The van der Waals surface area contributed by atoms with E-state index in [1.807, 2.05) is 0 Å². The van der Waals surface area contributed by atoms with Crippen LogP contribution in [0.15, 0.2) is 0 Å². The van der Waals surface area contributed by atoms with Crippen LogP contribution in [0.5, 0.6) is 0 Å². The van der Waals surface area contributed by atoms with E-state index < -0.39 is 0 Å². The Morgan fingerprint density at radius 1 is 1.00 bits per heavy atom. The van der Waals surface area contributed by atoms with E-state index >= 15 is 0 Å². The summed E-state index contributed by atoms with van der Waals surface area (Å²) in [6, 6.07) is 0. The van der Waals surface area contributed by atoms with Crippen molar-refractivity contribution in [3.05, 3.63) is 0 Å². The summed E-state index contributed by atoms with van der Waals surface area (Å²) in [6.45, 7) is 2.65. The van der Waals surface area contributed by atoms with Gasteiger partial charge in [-0.25, -0.2) is 0 Å². The Morgan fingerprint density at radius 3 is 1.56 bits per heavy atom. The van der Waals surface area contributed by atoms with Crippen LogP contribution in [0.2, 0.25) is 0 Å². The van der Waals surface area contributed by atoms with Crippen molar-refractivity contribution in [1.29, 1.82) is 0 Å². The first-order valence-electron chi connectivity index (χ1n) is 3.23. The molecule has 0 saturated carbocycles. The summed E-state index contributed by atoms with van der Waals surface area (Å²) in [5.41, 5.74) is 0. The largest absolute Gasteiger partial charge is 0.441 e. The number of hydrogen-bond donors (Lipinski definition) is 0. The molecule has 0 bridgehead atoms. The van der Waals surface area contributed by atoms with Gasteiger partial charge in [0.2, 0.25) is 0 Å². The minimum atomic E-state index is 0.465. The van der Waals surface area contributed by atoms with E-state index in [-0.39, 0.29) is 0 Å². The van der Waals surface area contributed by atoms with Crippen molar-refractivity contribution < 1.29 is 14.7 Å². The molecule has 0 saturated heterocycles. The summed E-state index contributed by atoms with van der Waals surface area (Å²) < 4.78 is 0.812. The lowest BCUT2D eigenvalue weighted by Gasteiger charge is -2.25. The van der Waals surface area contributed by atoms with Crippen molar-refractivity contribution >= 4 is 0 Å². The second-order valence-corrected chi connectivity index (χ2v) is 2.88. The quantitative estimate of drug-likeness (QED) is 0.334. The summed E-state index contributed by atoms with van der Waals surface area (Å²) in [7, 11) is 4.12. The molecule has 0 unspecified atom stereocenters. The van der Waals surface area contributed by atoms with Crippen LogP contribution in [0.25, 0.3) is 0 Å². The van der Waals surface area contributed by atoms with Gasteiger partial charge >= 0.3 is 0 Å². The highest BCUT2D eigenvalue weighted by molar-refractivity contribution is 4.29. The molecule has 0 aromatic carbocycles. The fraction of sp³-hybridized carbons (Fsp3) is 1.00. The third-order valence-corrected chi connectivity index (χ3v) is 1.43. The lowest BCUT2D eigenvalue weighted by Crippen LogP contribution is -2.43.